The second-order valence-corrected chi connectivity index (χ2v) is 6.32. The first-order valence-corrected chi connectivity index (χ1v) is 8.05. The standard InChI is InChI=1S/C14H23N3O2S/c1-9(2)14-17-10(8-20-14)5-6-16-13(18)12-4-3-11(7-15)19-12/h8-9,11-12H,3-7,15H2,1-2H3,(H,16,18)/t11-,12+/m1/s1. The lowest BCUT2D eigenvalue weighted by atomic mass is 10.2. The molecule has 2 heterocycles. The van der Waals surface area contributed by atoms with E-state index in [1.165, 1.54) is 0 Å². The van der Waals surface area contributed by atoms with E-state index in [1.54, 1.807) is 11.3 Å². The molecule has 0 unspecified atom stereocenters. The van der Waals surface area contributed by atoms with Crippen LogP contribution in [0.4, 0.5) is 0 Å². The number of aromatic nitrogens is 1. The van der Waals surface area contributed by atoms with Crippen LogP contribution >= 0.6 is 11.3 Å². The van der Waals surface area contributed by atoms with Crippen LogP contribution in [0, 0.1) is 0 Å². The summed E-state index contributed by atoms with van der Waals surface area (Å²) >= 11 is 1.68. The first-order chi connectivity index (χ1) is 9.60. The van der Waals surface area contributed by atoms with Crippen molar-refractivity contribution in [3.8, 4) is 0 Å². The molecule has 1 saturated heterocycles. The van der Waals surface area contributed by atoms with Crippen LogP contribution in [-0.4, -0.2) is 36.2 Å². The lowest BCUT2D eigenvalue weighted by molar-refractivity contribution is -0.131. The molecule has 0 aromatic carbocycles. The second kappa shape index (κ2) is 7.15. The highest BCUT2D eigenvalue weighted by Gasteiger charge is 2.29. The predicted molar refractivity (Wildman–Crippen MR) is 79.9 cm³/mol. The minimum atomic E-state index is -0.329. The largest absolute Gasteiger partial charge is 0.364 e. The highest BCUT2D eigenvalue weighted by molar-refractivity contribution is 7.09. The Hall–Kier alpha value is -0.980. The SMILES string of the molecule is CC(C)c1nc(CCNC(=O)[C@@H]2CC[C@H](CN)O2)cs1. The van der Waals surface area contributed by atoms with Crippen molar-refractivity contribution in [2.45, 2.75) is 51.2 Å². The van der Waals surface area contributed by atoms with Gasteiger partial charge in [0.15, 0.2) is 0 Å². The Balaban J connectivity index is 1.71. The van der Waals surface area contributed by atoms with E-state index in [1.807, 2.05) is 0 Å². The fraction of sp³-hybridized carbons (Fsp3) is 0.714. The summed E-state index contributed by atoms with van der Waals surface area (Å²) in [6, 6.07) is 0. The number of amides is 1. The van der Waals surface area contributed by atoms with Gasteiger partial charge in [-0.15, -0.1) is 11.3 Å². The van der Waals surface area contributed by atoms with Gasteiger partial charge >= 0.3 is 0 Å². The minimum absolute atomic E-state index is 0.0275. The van der Waals surface area contributed by atoms with Crippen molar-refractivity contribution in [1.82, 2.24) is 10.3 Å². The van der Waals surface area contributed by atoms with Crippen LogP contribution in [0.25, 0.3) is 0 Å². The van der Waals surface area contributed by atoms with Crippen LogP contribution in [0.1, 0.15) is 43.3 Å². The maximum atomic E-state index is 11.9. The topological polar surface area (TPSA) is 77.2 Å². The zero-order chi connectivity index (χ0) is 14.5. The van der Waals surface area contributed by atoms with Gasteiger partial charge in [-0.3, -0.25) is 4.79 Å². The Bertz CT molecular complexity index is 447. The highest BCUT2D eigenvalue weighted by atomic mass is 32.1. The summed E-state index contributed by atoms with van der Waals surface area (Å²) in [7, 11) is 0. The Labute approximate surface area is 123 Å². The van der Waals surface area contributed by atoms with Crippen LogP contribution < -0.4 is 11.1 Å². The zero-order valence-corrected chi connectivity index (χ0v) is 12.9. The van der Waals surface area contributed by atoms with Gasteiger partial charge in [0.05, 0.1) is 16.8 Å². The Kier molecular flexibility index (Phi) is 5.51. The molecule has 1 fully saturated rings. The third kappa shape index (κ3) is 4.01. The molecule has 3 N–H and O–H groups in total. The molecule has 2 rings (SSSR count). The summed E-state index contributed by atoms with van der Waals surface area (Å²) in [4.78, 5) is 16.5. The Morgan fingerprint density at radius 1 is 1.60 bits per heavy atom. The number of nitrogens with zero attached hydrogens (tertiary/aromatic N) is 1. The molecule has 0 radical (unpaired) electrons. The fourth-order valence-electron chi connectivity index (χ4n) is 2.20. The smallest absolute Gasteiger partial charge is 0.249 e. The van der Waals surface area contributed by atoms with Crippen molar-refractivity contribution >= 4 is 17.2 Å². The van der Waals surface area contributed by atoms with E-state index in [2.05, 4.69) is 29.5 Å². The molecular formula is C14H23N3O2S. The van der Waals surface area contributed by atoms with Gasteiger partial charge in [-0.2, -0.15) is 0 Å². The number of rotatable bonds is 6. The van der Waals surface area contributed by atoms with Gasteiger partial charge in [-0.25, -0.2) is 4.98 Å². The van der Waals surface area contributed by atoms with Gasteiger partial charge in [0.25, 0.3) is 0 Å². The Morgan fingerprint density at radius 3 is 3.00 bits per heavy atom. The Morgan fingerprint density at radius 2 is 2.40 bits per heavy atom. The summed E-state index contributed by atoms with van der Waals surface area (Å²) in [6.45, 7) is 5.36. The molecule has 1 aromatic heterocycles. The summed E-state index contributed by atoms with van der Waals surface area (Å²) in [5.74, 6) is 0.434. The van der Waals surface area contributed by atoms with E-state index in [0.29, 0.717) is 19.0 Å². The number of nitrogens with one attached hydrogen (secondary N) is 1. The molecule has 6 heteroatoms. The van der Waals surface area contributed by atoms with Crippen LogP contribution in [0.5, 0.6) is 0 Å². The average Bonchev–Trinajstić information content (AvgIpc) is 3.07. The number of ether oxygens (including phenoxy) is 1. The van der Waals surface area contributed by atoms with Gasteiger partial charge in [0, 0.05) is 30.8 Å². The van der Waals surface area contributed by atoms with Crippen molar-refractivity contribution < 1.29 is 9.53 Å². The maximum absolute atomic E-state index is 11.9. The monoisotopic (exact) mass is 297 g/mol. The number of nitrogens with two attached hydrogens (primary N) is 1. The second-order valence-electron chi connectivity index (χ2n) is 5.43. The summed E-state index contributed by atoms with van der Waals surface area (Å²) in [5.41, 5.74) is 6.58. The minimum Gasteiger partial charge on any atom is -0.364 e. The van der Waals surface area contributed by atoms with E-state index in [9.17, 15) is 4.79 Å². The third-order valence-electron chi connectivity index (χ3n) is 3.41. The molecule has 0 spiro atoms. The van der Waals surface area contributed by atoms with E-state index in [0.717, 1.165) is 30.0 Å². The lowest BCUT2D eigenvalue weighted by Gasteiger charge is -2.12. The number of hydrogen-bond acceptors (Lipinski definition) is 5. The number of carbonyl (C=O) groups excluding carboxylic acids is 1. The normalized spacial score (nSPS) is 22.4. The van der Waals surface area contributed by atoms with Gasteiger partial charge in [0.1, 0.15) is 6.10 Å². The third-order valence-corrected chi connectivity index (χ3v) is 4.60. The summed E-state index contributed by atoms with van der Waals surface area (Å²) in [5, 5.41) is 6.13. The molecule has 5 nitrogen and oxygen atoms in total. The molecule has 2 atom stereocenters. The van der Waals surface area contributed by atoms with Gasteiger partial charge in [0.2, 0.25) is 5.91 Å². The molecule has 112 valence electrons. The van der Waals surface area contributed by atoms with Crippen molar-refractivity contribution in [3.05, 3.63) is 16.1 Å². The number of thiazole rings is 1. The fourth-order valence-corrected chi connectivity index (χ4v) is 3.07. The van der Waals surface area contributed by atoms with Crippen LogP contribution in [0.3, 0.4) is 0 Å². The molecule has 0 saturated carbocycles. The van der Waals surface area contributed by atoms with Crippen molar-refractivity contribution in [3.63, 3.8) is 0 Å². The van der Waals surface area contributed by atoms with Crippen molar-refractivity contribution in [2.75, 3.05) is 13.1 Å². The number of carbonyl (C=O) groups is 1. The molecule has 1 amide bonds. The van der Waals surface area contributed by atoms with Crippen molar-refractivity contribution in [1.29, 1.82) is 0 Å². The lowest BCUT2D eigenvalue weighted by Crippen LogP contribution is -2.36. The van der Waals surface area contributed by atoms with Crippen molar-refractivity contribution in [2.24, 2.45) is 5.73 Å². The molecule has 1 aromatic rings. The first-order valence-electron chi connectivity index (χ1n) is 7.17. The molecular weight excluding hydrogens is 274 g/mol. The predicted octanol–water partition coefficient (Wildman–Crippen LogP) is 1.43. The van der Waals surface area contributed by atoms with Gasteiger partial charge < -0.3 is 15.8 Å². The van der Waals surface area contributed by atoms with Crippen LogP contribution in [-0.2, 0) is 16.0 Å². The van der Waals surface area contributed by atoms with Crippen LogP contribution in [0.15, 0.2) is 5.38 Å². The van der Waals surface area contributed by atoms with E-state index in [-0.39, 0.29) is 18.1 Å². The molecule has 1 aliphatic rings. The molecule has 20 heavy (non-hydrogen) atoms. The molecule has 0 aliphatic carbocycles. The van der Waals surface area contributed by atoms with Crippen LogP contribution in [0.2, 0.25) is 0 Å². The van der Waals surface area contributed by atoms with E-state index >= 15 is 0 Å². The van der Waals surface area contributed by atoms with E-state index < -0.39 is 0 Å². The van der Waals surface area contributed by atoms with Gasteiger partial charge in [-0.05, 0) is 12.8 Å². The summed E-state index contributed by atoms with van der Waals surface area (Å²) in [6.07, 6.45) is 2.12. The number of hydrogen-bond donors (Lipinski definition) is 2. The first kappa shape index (κ1) is 15.4. The maximum Gasteiger partial charge on any atom is 0.249 e. The quantitative estimate of drug-likeness (QED) is 0.833. The average molecular weight is 297 g/mol. The molecule has 0 bridgehead atoms. The highest BCUT2D eigenvalue weighted by Crippen LogP contribution is 2.20. The molecule has 1 aliphatic heterocycles. The summed E-state index contributed by atoms with van der Waals surface area (Å²) < 4.78 is 5.56. The van der Waals surface area contributed by atoms with E-state index in [4.69, 9.17) is 10.5 Å². The van der Waals surface area contributed by atoms with Gasteiger partial charge in [-0.1, -0.05) is 13.8 Å². The zero-order valence-electron chi connectivity index (χ0n) is 12.1.